The van der Waals surface area contributed by atoms with Gasteiger partial charge in [-0.05, 0) is 37.1 Å². The zero-order valence-corrected chi connectivity index (χ0v) is 17.8. The van der Waals surface area contributed by atoms with E-state index in [2.05, 4.69) is 19.9 Å². The fourth-order valence-electron chi connectivity index (χ4n) is 3.83. The van der Waals surface area contributed by atoms with Gasteiger partial charge in [-0.25, -0.2) is 19.4 Å². The average molecular weight is 434 g/mol. The van der Waals surface area contributed by atoms with E-state index in [1.54, 1.807) is 12.4 Å². The minimum atomic E-state index is -0.351. The summed E-state index contributed by atoms with van der Waals surface area (Å²) in [6.07, 6.45) is 7.99. The molecule has 1 aliphatic heterocycles. The second-order valence-corrected chi connectivity index (χ2v) is 7.97. The second kappa shape index (κ2) is 8.51. The molecule has 0 saturated carbocycles. The van der Waals surface area contributed by atoms with Crippen LogP contribution in [0.15, 0.2) is 54.0 Å². The molecule has 3 aromatic heterocycles. The molecule has 0 spiro atoms. The van der Waals surface area contributed by atoms with Crippen LogP contribution in [-0.4, -0.2) is 57.6 Å². The Morgan fingerprint density at radius 1 is 1.22 bits per heavy atom. The number of pyridine rings is 1. The van der Waals surface area contributed by atoms with Crippen LogP contribution in [0.2, 0.25) is 0 Å². The molecule has 4 aromatic rings. The minimum absolute atomic E-state index is 0.0395. The highest BCUT2D eigenvalue weighted by Crippen LogP contribution is 2.33. The lowest BCUT2D eigenvalue weighted by atomic mass is 10.2. The first-order valence-electron chi connectivity index (χ1n) is 10.4. The van der Waals surface area contributed by atoms with Gasteiger partial charge in [0.15, 0.2) is 5.82 Å². The smallest absolute Gasteiger partial charge is 0.166 e. The standard InChI is InChI=1S/C23H23FN6O2/c1-29(2)14-28-22-19-7-8-30(23(19)27-13-26-22)21-6-5-18(32-21)12-31-17-4-3-15-9-16(24)11-25-20(15)10-17/h3-4,7-11,13-14,18,21H,5-6,12H2,1-2H3/b28-14+. The van der Waals surface area contributed by atoms with Gasteiger partial charge < -0.3 is 18.9 Å². The van der Waals surface area contributed by atoms with E-state index in [9.17, 15) is 4.39 Å². The zero-order valence-electron chi connectivity index (χ0n) is 17.8. The van der Waals surface area contributed by atoms with E-state index in [4.69, 9.17) is 9.47 Å². The molecule has 8 nitrogen and oxygen atoms in total. The van der Waals surface area contributed by atoms with Crippen molar-refractivity contribution in [2.45, 2.75) is 25.2 Å². The molecular weight excluding hydrogens is 411 g/mol. The third-order valence-corrected chi connectivity index (χ3v) is 5.35. The molecular formula is C23H23FN6O2. The Labute approximate surface area is 184 Å². The number of benzene rings is 1. The fourth-order valence-corrected chi connectivity index (χ4v) is 3.83. The molecule has 0 amide bonds. The van der Waals surface area contributed by atoms with Crippen molar-refractivity contribution in [3.8, 4) is 5.75 Å². The lowest BCUT2D eigenvalue weighted by molar-refractivity contribution is -0.0156. The molecule has 2 atom stereocenters. The van der Waals surface area contributed by atoms with Crippen LogP contribution in [0.3, 0.4) is 0 Å². The van der Waals surface area contributed by atoms with Gasteiger partial charge >= 0.3 is 0 Å². The molecule has 1 fully saturated rings. The van der Waals surface area contributed by atoms with Crippen molar-refractivity contribution in [3.05, 3.63) is 54.9 Å². The third kappa shape index (κ3) is 4.11. The second-order valence-electron chi connectivity index (χ2n) is 7.97. The summed E-state index contributed by atoms with van der Waals surface area (Å²) in [5.41, 5.74) is 1.49. The van der Waals surface area contributed by atoms with Crippen molar-refractivity contribution >= 4 is 34.1 Å². The molecule has 164 valence electrons. The van der Waals surface area contributed by atoms with Crippen LogP contribution in [0.1, 0.15) is 19.1 Å². The molecule has 9 heteroatoms. The monoisotopic (exact) mass is 434 g/mol. The van der Waals surface area contributed by atoms with E-state index in [0.29, 0.717) is 23.7 Å². The molecule has 0 aliphatic carbocycles. The highest BCUT2D eigenvalue weighted by Gasteiger charge is 2.28. The number of hydrogen-bond acceptors (Lipinski definition) is 6. The van der Waals surface area contributed by atoms with Crippen LogP contribution in [-0.2, 0) is 4.74 Å². The van der Waals surface area contributed by atoms with Gasteiger partial charge in [0.2, 0.25) is 0 Å². The molecule has 0 radical (unpaired) electrons. The number of rotatable bonds is 6. The fraction of sp³-hybridized carbons (Fsp3) is 0.304. The number of hydrogen-bond donors (Lipinski definition) is 0. The van der Waals surface area contributed by atoms with Gasteiger partial charge in [-0.3, -0.25) is 4.98 Å². The van der Waals surface area contributed by atoms with Crippen molar-refractivity contribution in [1.29, 1.82) is 0 Å². The van der Waals surface area contributed by atoms with Crippen LogP contribution < -0.4 is 4.74 Å². The molecule has 1 saturated heterocycles. The molecule has 0 N–H and O–H groups in total. The number of halogens is 1. The Hall–Kier alpha value is -3.59. The summed E-state index contributed by atoms with van der Waals surface area (Å²) in [6.45, 7) is 0.426. The van der Waals surface area contributed by atoms with E-state index in [-0.39, 0.29) is 18.1 Å². The molecule has 0 bridgehead atoms. The summed E-state index contributed by atoms with van der Waals surface area (Å²) in [6, 6.07) is 8.87. The van der Waals surface area contributed by atoms with E-state index in [1.807, 2.05) is 48.0 Å². The van der Waals surface area contributed by atoms with Crippen molar-refractivity contribution in [2.24, 2.45) is 4.99 Å². The maximum absolute atomic E-state index is 13.3. The molecule has 5 rings (SSSR count). The lowest BCUT2D eigenvalue weighted by Crippen LogP contribution is -2.18. The zero-order chi connectivity index (χ0) is 22.1. The van der Waals surface area contributed by atoms with Gasteiger partial charge in [0.05, 0.1) is 29.5 Å². The number of fused-ring (bicyclic) bond motifs is 2. The Balaban J connectivity index is 1.26. The average Bonchev–Trinajstić information content (AvgIpc) is 3.43. The van der Waals surface area contributed by atoms with Gasteiger partial charge in [-0.2, -0.15) is 0 Å². The number of aromatic nitrogens is 4. The van der Waals surface area contributed by atoms with E-state index >= 15 is 0 Å². The summed E-state index contributed by atoms with van der Waals surface area (Å²) >= 11 is 0. The van der Waals surface area contributed by atoms with Crippen LogP contribution >= 0.6 is 0 Å². The van der Waals surface area contributed by atoms with Gasteiger partial charge in [0, 0.05) is 31.7 Å². The van der Waals surface area contributed by atoms with E-state index < -0.39 is 0 Å². The number of ether oxygens (including phenoxy) is 2. The van der Waals surface area contributed by atoms with Crippen LogP contribution in [0.5, 0.6) is 5.75 Å². The summed E-state index contributed by atoms with van der Waals surface area (Å²) < 4.78 is 27.5. The quantitative estimate of drug-likeness (QED) is 0.336. The SMILES string of the molecule is CN(C)/C=N/c1ncnc2c1ccn2C1CCC(COc2ccc3cc(F)cnc3c2)O1. The van der Waals surface area contributed by atoms with Gasteiger partial charge in [-0.15, -0.1) is 0 Å². The minimum Gasteiger partial charge on any atom is -0.491 e. The Bertz CT molecular complexity index is 1290. The summed E-state index contributed by atoms with van der Waals surface area (Å²) in [4.78, 5) is 19.1. The lowest BCUT2D eigenvalue weighted by Gasteiger charge is -2.16. The topological polar surface area (TPSA) is 77.7 Å². The summed E-state index contributed by atoms with van der Waals surface area (Å²) in [7, 11) is 3.83. The first-order valence-corrected chi connectivity index (χ1v) is 10.4. The van der Waals surface area contributed by atoms with Crippen molar-refractivity contribution in [1.82, 2.24) is 24.4 Å². The molecule has 1 aromatic carbocycles. The van der Waals surface area contributed by atoms with Crippen molar-refractivity contribution < 1.29 is 13.9 Å². The number of nitrogens with zero attached hydrogens (tertiary/aromatic N) is 6. The maximum Gasteiger partial charge on any atom is 0.166 e. The highest BCUT2D eigenvalue weighted by atomic mass is 19.1. The van der Waals surface area contributed by atoms with Crippen LogP contribution in [0.25, 0.3) is 21.9 Å². The Morgan fingerprint density at radius 3 is 3.00 bits per heavy atom. The Morgan fingerprint density at radius 2 is 2.12 bits per heavy atom. The molecule has 2 unspecified atom stereocenters. The van der Waals surface area contributed by atoms with Crippen LogP contribution in [0.4, 0.5) is 10.2 Å². The maximum atomic E-state index is 13.3. The van der Waals surface area contributed by atoms with Gasteiger partial charge in [-0.1, -0.05) is 0 Å². The molecule has 32 heavy (non-hydrogen) atoms. The first-order chi connectivity index (χ1) is 15.6. The molecule has 4 heterocycles. The largest absolute Gasteiger partial charge is 0.491 e. The number of aliphatic imine (C=N–C) groups is 1. The first kappa shape index (κ1) is 20.3. The van der Waals surface area contributed by atoms with Gasteiger partial charge in [0.25, 0.3) is 0 Å². The predicted molar refractivity (Wildman–Crippen MR) is 120 cm³/mol. The highest BCUT2D eigenvalue weighted by molar-refractivity contribution is 5.87. The van der Waals surface area contributed by atoms with Gasteiger partial charge in [0.1, 0.15) is 36.4 Å². The van der Waals surface area contributed by atoms with Crippen molar-refractivity contribution in [3.63, 3.8) is 0 Å². The summed E-state index contributed by atoms with van der Waals surface area (Å²) in [5.74, 6) is 0.965. The van der Waals surface area contributed by atoms with Crippen LogP contribution in [0, 0.1) is 5.82 Å². The molecule has 1 aliphatic rings. The van der Waals surface area contributed by atoms with E-state index in [0.717, 1.165) is 29.3 Å². The van der Waals surface area contributed by atoms with E-state index in [1.165, 1.54) is 18.6 Å². The normalized spacial score (nSPS) is 18.7. The van der Waals surface area contributed by atoms with Crippen molar-refractivity contribution in [2.75, 3.05) is 20.7 Å². The summed E-state index contributed by atoms with van der Waals surface area (Å²) in [5, 5.41) is 1.62. The predicted octanol–water partition coefficient (Wildman–Crippen LogP) is 4.10. The Kier molecular flexibility index (Phi) is 5.40. The third-order valence-electron chi connectivity index (χ3n) is 5.35.